The minimum absolute atomic E-state index is 0.256. The zero-order valence-corrected chi connectivity index (χ0v) is 13.0. The Balaban J connectivity index is 1.64. The molecule has 2 heterocycles. The largest absolute Gasteiger partial charge is 0.354 e. The summed E-state index contributed by atoms with van der Waals surface area (Å²) in [5.74, 6) is 0.298. The molecule has 1 aromatic heterocycles. The van der Waals surface area contributed by atoms with Crippen molar-refractivity contribution >= 4 is 17.4 Å². The van der Waals surface area contributed by atoms with E-state index in [0.29, 0.717) is 11.3 Å². The maximum Gasteiger partial charge on any atom is 0.257 e. The van der Waals surface area contributed by atoms with Crippen LogP contribution in [0.1, 0.15) is 10.4 Å². The molecule has 23 heavy (non-hydrogen) atoms. The number of halogens is 1. The zero-order valence-electron chi connectivity index (χ0n) is 13.0. The van der Waals surface area contributed by atoms with Gasteiger partial charge in [-0.05, 0) is 43.4 Å². The van der Waals surface area contributed by atoms with E-state index in [4.69, 9.17) is 0 Å². The maximum atomic E-state index is 12.9. The topological polar surface area (TPSA) is 48.5 Å². The first-order chi connectivity index (χ1) is 11.1. The summed E-state index contributed by atoms with van der Waals surface area (Å²) >= 11 is 0. The normalized spacial score (nSPS) is 15.5. The average Bonchev–Trinajstić information content (AvgIpc) is 2.58. The van der Waals surface area contributed by atoms with Crippen LogP contribution in [0.2, 0.25) is 0 Å². The lowest BCUT2D eigenvalue weighted by Crippen LogP contribution is -2.44. The van der Waals surface area contributed by atoms with Gasteiger partial charge in [0.15, 0.2) is 0 Å². The Hall–Kier alpha value is -2.47. The number of carbonyl (C=O) groups excluding carboxylic acids is 1. The fraction of sp³-hybridized carbons (Fsp3) is 0.294. The molecule has 1 N–H and O–H groups in total. The number of anilines is 2. The molecule has 1 aliphatic heterocycles. The molecule has 0 aliphatic carbocycles. The maximum absolute atomic E-state index is 12.9. The molecule has 1 amide bonds. The van der Waals surface area contributed by atoms with Crippen LogP contribution in [-0.4, -0.2) is 49.0 Å². The van der Waals surface area contributed by atoms with E-state index >= 15 is 0 Å². The highest BCUT2D eigenvalue weighted by Crippen LogP contribution is 2.15. The number of nitrogens with zero attached hydrogens (tertiary/aromatic N) is 3. The number of hydrogen-bond acceptors (Lipinski definition) is 4. The predicted molar refractivity (Wildman–Crippen MR) is 88.3 cm³/mol. The smallest absolute Gasteiger partial charge is 0.257 e. The number of likely N-dealkylation sites (N-methyl/N-ethyl adjacent to an activating group) is 1. The predicted octanol–water partition coefficient (Wildman–Crippen LogP) is 2.22. The van der Waals surface area contributed by atoms with Crippen LogP contribution in [0.25, 0.3) is 0 Å². The molecule has 6 heteroatoms. The Morgan fingerprint density at radius 3 is 2.39 bits per heavy atom. The lowest BCUT2D eigenvalue weighted by molar-refractivity contribution is 0.102. The number of pyridine rings is 1. The van der Waals surface area contributed by atoms with Gasteiger partial charge in [-0.25, -0.2) is 9.37 Å². The molecular formula is C17H19FN4O. The molecule has 1 saturated heterocycles. The fourth-order valence-corrected chi connectivity index (χ4v) is 2.48. The standard InChI is InChI=1S/C17H19FN4O/c1-21-8-10-22(11-9-21)16-7-2-13(12-19-16)17(23)20-15-5-3-14(18)4-6-15/h2-7,12H,8-11H2,1H3,(H,20,23). The third-order valence-electron chi connectivity index (χ3n) is 3.94. The quantitative estimate of drug-likeness (QED) is 0.944. The summed E-state index contributed by atoms with van der Waals surface area (Å²) in [7, 11) is 2.10. The van der Waals surface area contributed by atoms with E-state index in [1.165, 1.54) is 24.3 Å². The highest BCUT2D eigenvalue weighted by atomic mass is 19.1. The number of nitrogens with one attached hydrogen (secondary N) is 1. The fourth-order valence-electron chi connectivity index (χ4n) is 2.48. The lowest BCUT2D eigenvalue weighted by atomic mass is 10.2. The Morgan fingerprint density at radius 2 is 1.78 bits per heavy atom. The molecule has 120 valence electrons. The molecular weight excluding hydrogens is 295 g/mol. The molecule has 0 unspecified atom stereocenters. The Labute approximate surface area is 134 Å². The van der Waals surface area contributed by atoms with Gasteiger partial charge in [0, 0.05) is 38.1 Å². The number of hydrogen-bond donors (Lipinski definition) is 1. The van der Waals surface area contributed by atoms with Gasteiger partial charge in [0.05, 0.1) is 5.56 Å². The molecule has 5 nitrogen and oxygen atoms in total. The summed E-state index contributed by atoms with van der Waals surface area (Å²) in [4.78, 5) is 21.0. The molecule has 2 aromatic rings. The van der Waals surface area contributed by atoms with Crippen LogP contribution in [-0.2, 0) is 0 Å². The second-order valence-corrected chi connectivity index (χ2v) is 5.66. The summed E-state index contributed by atoms with van der Waals surface area (Å²) in [6.07, 6.45) is 1.58. The summed E-state index contributed by atoms with van der Waals surface area (Å²) in [6, 6.07) is 9.30. The molecule has 0 saturated carbocycles. The zero-order chi connectivity index (χ0) is 16.2. The van der Waals surface area contributed by atoms with Crippen molar-refractivity contribution in [3.8, 4) is 0 Å². The Kier molecular flexibility index (Phi) is 4.52. The molecule has 0 radical (unpaired) electrons. The second kappa shape index (κ2) is 6.75. The van der Waals surface area contributed by atoms with Crippen LogP contribution in [0.3, 0.4) is 0 Å². The summed E-state index contributed by atoms with van der Waals surface area (Å²) in [5, 5.41) is 2.72. The number of benzene rings is 1. The first-order valence-corrected chi connectivity index (χ1v) is 7.58. The SMILES string of the molecule is CN1CCN(c2ccc(C(=O)Nc3ccc(F)cc3)cn2)CC1. The van der Waals surface area contributed by atoms with Crippen molar-refractivity contribution in [2.24, 2.45) is 0 Å². The van der Waals surface area contributed by atoms with Crippen molar-refractivity contribution in [1.29, 1.82) is 0 Å². The van der Waals surface area contributed by atoms with E-state index in [9.17, 15) is 9.18 Å². The van der Waals surface area contributed by atoms with Crippen molar-refractivity contribution in [2.75, 3.05) is 43.4 Å². The molecule has 3 rings (SSSR count). The van der Waals surface area contributed by atoms with E-state index in [-0.39, 0.29) is 11.7 Å². The van der Waals surface area contributed by atoms with Crippen LogP contribution in [0.15, 0.2) is 42.6 Å². The summed E-state index contributed by atoms with van der Waals surface area (Å²) < 4.78 is 12.9. The van der Waals surface area contributed by atoms with Crippen LogP contribution >= 0.6 is 0 Å². The summed E-state index contributed by atoms with van der Waals surface area (Å²) in [5.41, 5.74) is 1.03. The van der Waals surface area contributed by atoms with Gasteiger partial charge in [-0.2, -0.15) is 0 Å². The number of rotatable bonds is 3. The molecule has 1 fully saturated rings. The van der Waals surface area contributed by atoms with Crippen LogP contribution in [0, 0.1) is 5.82 Å². The number of piperazine rings is 1. The van der Waals surface area contributed by atoms with Gasteiger partial charge in [0.1, 0.15) is 11.6 Å². The minimum atomic E-state index is -0.332. The van der Waals surface area contributed by atoms with Crippen molar-refractivity contribution < 1.29 is 9.18 Å². The van der Waals surface area contributed by atoms with E-state index < -0.39 is 0 Å². The van der Waals surface area contributed by atoms with E-state index in [1.54, 1.807) is 12.3 Å². The number of aromatic nitrogens is 1. The Morgan fingerprint density at radius 1 is 1.09 bits per heavy atom. The summed E-state index contributed by atoms with van der Waals surface area (Å²) in [6.45, 7) is 3.89. The van der Waals surface area contributed by atoms with Gasteiger partial charge in [0.2, 0.25) is 0 Å². The lowest BCUT2D eigenvalue weighted by Gasteiger charge is -2.33. The van der Waals surface area contributed by atoms with Crippen molar-refractivity contribution in [2.45, 2.75) is 0 Å². The van der Waals surface area contributed by atoms with Crippen LogP contribution < -0.4 is 10.2 Å². The van der Waals surface area contributed by atoms with Gasteiger partial charge < -0.3 is 15.1 Å². The van der Waals surface area contributed by atoms with Crippen molar-refractivity contribution in [1.82, 2.24) is 9.88 Å². The molecule has 0 bridgehead atoms. The average molecular weight is 314 g/mol. The number of amides is 1. The van der Waals surface area contributed by atoms with E-state index in [2.05, 4.69) is 27.1 Å². The highest BCUT2D eigenvalue weighted by molar-refractivity contribution is 6.04. The Bertz CT molecular complexity index is 664. The van der Waals surface area contributed by atoms with Gasteiger partial charge in [0.25, 0.3) is 5.91 Å². The molecule has 1 aromatic carbocycles. The molecule has 1 aliphatic rings. The first-order valence-electron chi connectivity index (χ1n) is 7.58. The molecule has 0 atom stereocenters. The van der Waals surface area contributed by atoms with E-state index in [1.807, 2.05) is 6.07 Å². The van der Waals surface area contributed by atoms with Gasteiger partial charge >= 0.3 is 0 Å². The second-order valence-electron chi connectivity index (χ2n) is 5.66. The third-order valence-corrected chi connectivity index (χ3v) is 3.94. The van der Waals surface area contributed by atoms with Crippen molar-refractivity contribution in [3.05, 3.63) is 54.0 Å². The third kappa shape index (κ3) is 3.84. The van der Waals surface area contributed by atoms with E-state index in [0.717, 1.165) is 32.0 Å². The minimum Gasteiger partial charge on any atom is -0.354 e. The van der Waals surface area contributed by atoms with Gasteiger partial charge in [-0.3, -0.25) is 4.79 Å². The number of carbonyl (C=O) groups is 1. The van der Waals surface area contributed by atoms with Crippen LogP contribution in [0.4, 0.5) is 15.9 Å². The van der Waals surface area contributed by atoms with Crippen LogP contribution in [0.5, 0.6) is 0 Å². The van der Waals surface area contributed by atoms with Crippen molar-refractivity contribution in [3.63, 3.8) is 0 Å². The van der Waals surface area contributed by atoms with Gasteiger partial charge in [-0.15, -0.1) is 0 Å². The first kappa shape index (κ1) is 15.4. The molecule has 0 spiro atoms. The highest BCUT2D eigenvalue weighted by Gasteiger charge is 2.15. The van der Waals surface area contributed by atoms with Gasteiger partial charge in [-0.1, -0.05) is 0 Å². The monoisotopic (exact) mass is 314 g/mol.